The summed E-state index contributed by atoms with van der Waals surface area (Å²) in [4.78, 5) is 11.3. The van der Waals surface area contributed by atoms with E-state index in [0.29, 0.717) is 0 Å². The third kappa shape index (κ3) is 5.53. The smallest absolute Gasteiger partial charge is 0.0897 e. The minimum Gasteiger partial charge on any atom is -0.313 e. The summed E-state index contributed by atoms with van der Waals surface area (Å²) < 4.78 is 0. The van der Waals surface area contributed by atoms with Gasteiger partial charge >= 0.3 is 0 Å². The molecule has 0 fully saturated rings. The van der Waals surface area contributed by atoms with Crippen LogP contribution in [0.5, 0.6) is 0 Å². The molecule has 0 aliphatic heterocycles. The van der Waals surface area contributed by atoms with Crippen molar-refractivity contribution in [1.29, 1.82) is 0 Å². The van der Waals surface area contributed by atoms with E-state index < -0.39 is 0 Å². The number of rotatable bonds is 8. The van der Waals surface area contributed by atoms with Crippen molar-refractivity contribution in [2.24, 2.45) is 0 Å². The molecule has 0 atom stereocenters. The fourth-order valence-electron chi connectivity index (χ4n) is 2.15. The predicted molar refractivity (Wildman–Crippen MR) is 88.3 cm³/mol. The van der Waals surface area contributed by atoms with Gasteiger partial charge in [0.05, 0.1) is 16.4 Å². The molecule has 1 N–H and O–H groups in total. The van der Waals surface area contributed by atoms with Crippen LogP contribution in [0, 0.1) is 6.92 Å². The predicted octanol–water partition coefficient (Wildman–Crippen LogP) is 2.98. The summed E-state index contributed by atoms with van der Waals surface area (Å²) >= 11 is 1.70. The van der Waals surface area contributed by atoms with E-state index in [-0.39, 0.29) is 0 Å². The van der Waals surface area contributed by atoms with Crippen LogP contribution < -0.4 is 5.32 Å². The van der Waals surface area contributed by atoms with Gasteiger partial charge in [-0.05, 0) is 38.6 Å². The highest BCUT2D eigenvalue weighted by molar-refractivity contribution is 7.09. The molecule has 0 saturated heterocycles. The molecule has 0 aliphatic rings. The molecule has 2 aromatic rings. The van der Waals surface area contributed by atoms with E-state index in [2.05, 4.69) is 51.7 Å². The van der Waals surface area contributed by atoms with Crippen LogP contribution >= 0.6 is 11.3 Å². The second kappa shape index (κ2) is 8.22. The van der Waals surface area contributed by atoms with E-state index in [1.807, 2.05) is 13.1 Å². The zero-order valence-electron chi connectivity index (χ0n) is 13.1. The van der Waals surface area contributed by atoms with Crippen LogP contribution in [-0.2, 0) is 19.6 Å². The summed E-state index contributed by atoms with van der Waals surface area (Å²) in [6.07, 6.45) is 3.13. The number of nitrogens with zero attached hydrogens (tertiary/aromatic N) is 3. The summed E-state index contributed by atoms with van der Waals surface area (Å²) in [6.45, 7) is 7.88. The van der Waals surface area contributed by atoms with Gasteiger partial charge in [-0.25, -0.2) is 4.98 Å². The first-order valence-electron chi connectivity index (χ1n) is 7.41. The first kappa shape index (κ1) is 16.1. The van der Waals surface area contributed by atoms with Crippen molar-refractivity contribution >= 4 is 11.3 Å². The van der Waals surface area contributed by atoms with Crippen molar-refractivity contribution in [2.45, 2.75) is 39.9 Å². The van der Waals surface area contributed by atoms with Crippen LogP contribution in [-0.4, -0.2) is 28.5 Å². The molecule has 0 radical (unpaired) electrons. The number of pyridine rings is 1. The number of aryl methyl sites for hydroxylation is 1. The molecule has 0 saturated carbocycles. The number of aromatic nitrogens is 2. The van der Waals surface area contributed by atoms with Gasteiger partial charge in [0.15, 0.2) is 0 Å². The van der Waals surface area contributed by atoms with Gasteiger partial charge < -0.3 is 5.32 Å². The molecule has 114 valence electrons. The molecule has 2 rings (SSSR count). The Bertz CT molecular complexity index is 535. The lowest BCUT2D eigenvalue weighted by molar-refractivity contribution is 0.311. The van der Waals surface area contributed by atoms with Gasteiger partial charge in [-0.1, -0.05) is 13.0 Å². The topological polar surface area (TPSA) is 41.0 Å². The van der Waals surface area contributed by atoms with E-state index in [1.54, 1.807) is 11.3 Å². The van der Waals surface area contributed by atoms with E-state index in [0.717, 1.165) is 49.0 Å². The third-order valence-electron chi connectivity index (χ3n) is 3.17. The molecule has 0 amide bonds. The number of hydrogen-bond donors (Lipinski definition) is 1. The quantitative estimate of drug-likeness (QED) is 0.761. The van der Waals surface area contributed by atoms with Gasteiger partial charge in [-0.2, -0.15) is 0 Å². The normalized spacial score (nSPS) is 11.2. The van der Waals surface area contributed by atoms with Crippen LogP contribution in [0.4, 0.5) is 0 Å². The van der Waals surface area contributed by atoms with Gasteiger partial charge in [0.25, 0.3) is 0 Å². The maximum absolute atomic E-state index is 4.54. The Balaban J connectivity index is 1.82. The first-order chi connectivity index (χ1) is 10.2. The molecule has 0 aliphatic carbocycles. The fraction of sp³-hybridized carbons (Fsp3) is 0.500. The molecule has 21 heavy (non-hydrogen) atoms. The summed E-state index contributed by atoms with van der Waals surface area (Å²) in [5, 5.41) is 6.64. The summed E-state index contributed by atoms with van der Waals surface area (Å²) in [5.41, 5.74) is 3.48. The maximum atomic E-state index is 4.54. The molecule has 5 heteroatoms. The number of nitrogens with one attached hydrogen (secondary N) is 1. The standard InChI is InChI=1S/C16H24N4S/c1-4-7-17-8-14-5-6-15(18-9-14)10-20(3)11-16-12-21-13(2)19-16/h5-6,9,12,17H,4,7-8,10-11H2,1-3H3. The molecule has 0 bridgehead atoms. The fourth-order valence-corrected chi connectivity index (χ4v) is 2.76. The van der Waals surface area contributed by atoms with Crippen molar-refractivity contribution in [2.75, 3.05) is 13.6 Å². The molecule has 2 aromatic heterocycles. The Morgan fingerprint density at radius 2 is 2.05 bits per heavy atom. The highest BCUT2D eigenvalue weighted by Gasteiger charge is 2.05. The molecule has 0 aromatic carbocycles. The average Bonchev–Trinajstić information content (AvgIpc) is 2.86. The average molecular weight is 304 g/mol. The largest absolute Gasteiger partial charge is 0.313 e. The van der Waals surface area contributed by atoms with E-state index in [9.17, 15) is 0 Å². The van der Waals surface area contributed by atoms with Crippen molar-refractivity contribution < 1.29 is 0 Å². The van der Waals surface area contributed by atoms with Crippen molar-refractivity contribution in [3.63, 3.8) is 0 Å². The third-order valence-corrected chi connectivity index (χ3v) is 3.99. The van der Waals surface area contributed by atoms with Gasteiger partial charge in [-0.15, -0.1) is 11.3 Å². The zero-order valence-corrected chi connectivity index (χ0v) is 13.9. The van der Waals surface area contributed by atoms with Crippen molar-refractivity contribution in [1.82, 2.24) is 20.2 Å². The summed E-state index contributed by atoms with van der Waals surface area (Å²) in [5.74, 6) is 0. The molecule has 0 unspecified atom stereocenters. The Morgan fingerprint density at radius 1 is 1.24 bits per heavy atom. The number of thiazole rings is 1. The highest BCUT2D eigenvalue weighted by atomic mass is 32.1. The van der Waals surface area contributed by atoms with Crippen LogP contribution in [0.1, 0.15) is 35.3 Å². The van der Waals surface area contributed by atoms with Crippen LogP contribution in [0.3, 0.4) is 0 Å². The lowest BCUT2D eigenvalue weighted by Gasteiger charge is -2.15. The minimum absolute atomic E-state index is 0.846. The second-order valence-electron chi connectivity index (χ2n) is 5.36. The SMILES string of the molecule is CCCNCc1ccc(CN(C)Cc2csc(C)n2)nc1. The summed E-state index contributed by atoms with van der Waals surface area (Å²) in [7, 11) is 2.10. The monoisotopic (exact) mass is 304 g/mol. The summed E-state index contributed by atoms with van der Waals surface area (Å²) in [6, 6.07) is 4.28. The molecular weight excluding hydrogens is 280 g/mol. The molecule has 2 heterocycles. The van der Waals surface area contributed by atoms with E-state index >= 15 is 0 Å². The Kier molecular flexibility index (Phi) is 6.29. The lowest BCUT2D eigenvalue weighted by Crippen LogP contribution is -2.18. The Morgan fingerprint density at radius 3 is 2.67 bits per heavy atom. The first-order valence-corrected chi connectivity index (χ1v) is 8.29. The van der Waals surface area contributed by atoms with Crippen LogP contribution in [0.2, 0.25) is 0 Å². The van der Waals surface area contributed by atoms with Crippen LogP contribution in [0.15, 0.2) is 23.7 Å². The maximum Gasteiger partial charge on any atom is 0.0897 e. The molecule has 0 spiro atoms. The van der Waals surface area contributed by atoms with Gasteiger partial charge in [0.1, 0.15) is 0 Å². The molecule has 4 nitrogen and oxygen atoms in total. The van der Waals surface area contributed by atoms with Gasteiger partial charge in [0, 0.05) is 31.2 Å². The molecular formula is C16H24N4S. The van der Waals surface area contributed by atoms with Crippen molar-refractivity contribution in [3.05, 3.63) is 45.7 Å². The number of hydrogen-bond acceptors (Lipinski definition) is 5. The highest BCUT2D eigenvalue weighted by Crippen LogP contribution is 2.11. The second-order valence-corrected chi connectivity index (χ2v) is 6.43. The lowest BCUT2D eigenvalue weighted by atomic mass is 10.2. The van der Waals surface area contributed by atoms with Gasteiger partial charge in [0.2, 0.25) is 0 Å². The van der Waals surface area contributed by atoms with Gasteiger partial charge in [-0.3, -0.25) is 9.88 Å². The van der Waals surface area contributed by atoms with E-state index in [1.165, 1.54) is 5.56 Å². The van der Waals surface area contributed by atoms with E-state index in [4.69, 9.17) is 0 Å². The minimum atomic E-state index is 0.846. The van der Waals surface area contributed by atoms with Crippen molar-refractivity contribution in [3.8, 4) is 0 Å². The zero-order chi connectivity index (χ0) is 15.1. The van der Waals surface area contributed by atoms with Crippen LogP contribution in [0.25, 0.3) is 0 Å². The Labute approximate surface area is 131 Å². The Hall–Kier alpha value is -1.30.